The lowest BCUT2D eigenvalue weighted by atomic mass is 10.1. The number of hydrogen-bond donors (Lipinski definition) is 0. The fraction of sp³-hybridized carbons (Fsp3) is 0.0952. The van der Waals surface area contributed by atoms with Crippen molar-refractivity contribution in [3.8, 4) is 11.5 Å². The molecule has 25 heavy (non-hydrogen) atoms. The first-order valence-corrected chi connectivity index (χ1v) is 8.09. The van der Waals surface area contributed by atoms with Gasteiger partial charge in [0.2, 0.25) is 0 Å². The van der Waals surface area contributed by atoms with Crippen molar-refractivity contribution in [3.63, 3.8) is 0 Å². The highest BCUT2D eigenvalue weighted by atomic mass is 19.1. The van der Waals surface area contributed by atoms with E-state index in [0.717, 1.165) is 16.5 Å². The summed E-state index contributed by atoms with van der Waals surface area (Å²) >= 11 is 0. The van der Waals surface area contributed by atoms with Gasteiger partial charge < -0.3 is 9.47 Å². The lowest BCUT2D eigenvalue weighted by molar-refractivity contribution is 0.220. The van der Waals surface area contributed by atoms with Crippen LogP contribution in [0.4, 0.5) is 4.39 Å². The van der Waals surface area contributed by atoms with E-state index in [9.17, 15) is 4.39 Å². The van der Waals surface area contributed by atoms with Crippen molar-refractivity contribution in [2.24, 2.45) is 0 Å². The van der Waals surface area contributed by atoms with Gasteiger partial charge in [0.25, 0.3) is 0 Å². The summed E-state index contributed by atoms with van der Waals surface area (Å²) in [5.41, 5.74) is 0.703. The number of ether oxygens (including phenoxy) is 2. The fourth-order valence-corrected chi connectivity index (χ4v) is 2.84. The SMILES string of the molecule is Fc1ccc2nccc(OCCOc3cccc4ccccc34)c2c1. The molecule has 0 bridgehead atoms. The highest BCUT2D eigenvalue weighted by molar-refractivity contribution is 5.88. The summed E-state index contributed by atoms with van der Waals surface area (Å²) in [7, 11) is 0. The summed E-state index contributed by atoms with van der Waals surface area (Å²) in [4.78, 5) is 4.22. The van der Waals surface area contributed by atoms with Crippen LogP contribution in [0.5, 0.6) is 11.5 Å². The molecule has 0 spiro atoms. The van der Waals surface area contributed by atoms with Crippen molar-refractivity contribution in [1.82, 2.24) is 4.98 Å². The highest BCUT2D eigenvalue weighted by Crippen LogP contribution is 2.26. The first kappa shape index (κ1) is 15.4. The molecule has 0 aliphatic heterocycles. The van der Waals surface area contributed by atoms with Gasteiger partial charge in [0.15, 0.2) is 0 Å². The first-order valence-electron chi connectivity index (χ1n) is 8.09. The number of benzene rings is 3. The van der Waals surface area contributed by atoms with Gasteiger partial charge >= 0.3 is 0 Å². The number of rotatable bonds is 5. The predicted octanol–water partition coefficient (Wildman–Crippen LogP) is 4.98. The summed E-state index contributed by atoms with van der Waals surface area (Å²) in [5.74, 6) is 1.12. The molecule has 0 atom stereocenters. The van der Waals surface area contributed by atoms with Gasteiger partial charge in [0.05, 0.1) is 5.52 Å². The van der Waals surface area contributed by atoms with E-state index in [1.54, 1.807) is 18.3 Å². The Bertz CT molecular complexity index is 1030. The van der Waals surface area contributed by atoms with E-state index < -0.39 is 0 Å². The molecule has 3 aromatic carbocycles. The van der Waals surface area contributed by atoms with E-state index in [4.69, 9.17) is 9.47 Å². The minimum Gasteiger partial charge on any atom is -0.489 e. The van der Waals surface area contributed by atoms with Gasteiger partial charge in [-0.05, 0) is 35.7 Å². The summed E-state index contributed by atoms with van der Waals surface area (Å²) in [6.45, 7) is 0.756. The molecule has 0 aliphatic rings. The van der Waals surface area contributed by atoms with Crippen LogP contribution in [0.2, 0.25) is 0 Å². The number of halogens is 1. The lowest BCUT2D eigenvalue weighted by Crippen LogP contribution is -2.09. The number of fused-ring (bicyclic) bond motifs is 2. The van der Waals surface area contributed by atoms with Gasteiger partial charge in [-0.25, -0.2) is 4.39 Å². The average molecular weight is 333 g/mol. The molecule has 0 aliphatic carbocycles. The minimum absolute atomic E-state index is 0.308. The van der Waals surface area contributed by atoms with Crippen LogP contribution in [0.3, 0.4) is 0 Å². The van der Waals surface area contributed by atoms with E-state index in [2.05, 4.69) is 17.1 Å². The molecule has 4 aromatic rings. The molecule has 0 N–H and O–H groups in total. The zero-order chi connectivity index (χ0) is 17.1. The van der Waals surface area contributed by atoms with Crippen LogP contribution in [0, 0.1) is 5.82 Å². The number of hydrogen-bond acceptors (Lipinski definition) is 3. The normalized spacial score (nSPS) is 10.9. The van der Waals surface area contributed by atoms with Crippen LogP contribution < -0.4 is 9.47 Å². The van der Waals surface area contributed by atoms with Crippen molar-refractivity contribution in [3.05, 3.63) is 78.7 Å². The molecule has 0 radical (unpaired) electrons. The molecule has 0 fully saturated rings. The van der Waals surface area contributed by atoms with Gasteiger partial charge in [-0.1, -0.05) is 36.4 Å². The maximum Gasteiger partial charge on any atom is 0.130 e. The maximum absolute atomic E-state index is 13.5. The highest BCUT2D eigenvalue weighted by Gasteiger charge is 2.05. The molecular formula is C21H16FNO2. The van der Waals surface area contributed by atoms with Crippen molar-refractivity contribution in [2.75, 3.05) is 13.2 Å². The molecule has 4 heteroatoms. The van der Waals surface area contributed by atoms with Crippen molar-refractivity contribution in [1.29, 1.82) is 0 Å². The fourth-order valence-electron chi connectivity index (χ4n) is 2.84. The predicted molar refractivity (Wildman–Crippen MR) is 96.6 cm³/mol. The van der Waals surface area contributed by atoms with E-state index in [1.165, 1.54) is 12.1 Å². The Hall–Kier alpha value is -3.14. The van der Waals surface area contributed by atoms with E-state index in [1.807, 2.05) is 30.3 Å². The van der Waals surface area contributed by atoms with Crippen LogP contribution >= 0.6 is 0 Å². The topological polar surface area (TPSA) is 31.4 Å². The molecule has 124 valence electrons. The molecule has 0 saturated carbocycles. The Labute approximate surface area is 144 Å². The third-order valence-corrected chi connectivity index (χ3v) is 4.01. The molecule has 4 rings (SSSR count). The summed E-state index contributed by atoms with van der Waals surface area (Å²) < 4.78 is 25.1. The second kappa shape index (κ2) is 6.77. The largest absolute Gasteiger partial charge is 0.489 e. The number of nitrogens with zero attached hydrogens (tertiary/aromatic N) is 1. The molecule has 0 saturated heterocycles. The first-order chi connectivity index (χ1) is 12.3. The zero-order valence-corrected chi connectivity index (χ0v) is 13.5. The average Bonchev–Trinajstić information content (AvgIpc) is 2.65. The zero-order valence-electron chi connectivity index (χ0n) is 13.5. The number of aromatic nitrogens is 1. The third-order valence-electron chi connectivity index (χ3n) is 4.01. The van der Waals surface area contributed by atoms with Crippen LogP contribution in [0.1, 0.15) is 0 Å². The van der Waals surface area contributed by atoms with Crippen molar-refractivity contribution in [2.45, 2.75) is 0 Å². The molecular weight excluding hydrogens is 317 g/mol. The molecule has 1 heterocycles. The van der Waals surface area contributed by atoms with Gasteiger partial charge in [-0.2, -0.15) is 0 Å². The van der Waals surface area contributed by atoms with Crippen LogP contribution in [-0.4, -0.2) is 18.2 Å². The molecule has 3 nitrogen and oxygen atoms in total. The van der Waals surface area contributed by atoms with Crippen LogP contribution in [-0.2, 0) is 0 Å². The van der Waals surface area contributed by atoms with Crippen molar-refractivity contribution < 1.29 is 13.9 Å². The Morgan fingerprint density at radius 3 is 2.40 bits per heavy atom. The maximum atomic E-state index is 13.5. The van der Waals surface area contributed by atoms with Gasteiger partial charge in [-0.3, -0.25) is 4.98 Å². The van der Waals surface area contributed by atoms with Gasteiger partial charge in [0.1, 0.15) is 30.5 Å². The number of pyridine rings is 1. The summed E-state index contributed by atoms with van der Waals surface area (Å²) in [6.07, 6.45) is 1.65. The standard InChI is InChI=1S/C21H16FNO2/c22-16-8-9-19-18(14-16)21(10-11-23-19)25-13-12-24-20-7-3-5-15-4-1-2-6-17(15)20/h1-11,14H,12-13H2. The molecule has 1 aromatic heterocycles. The summed E-state index contributed by atoms with van der Waals surface area (Å²) in [5, 5.41) is 2.87. The van der Waals surface area contributed by atoms with Crippen LogP contribution in [0.15, 0.2) is 72.9 Å². The second-order valence-electron chi connectivity index (χ2n) is 5.64. The Morgan fingerprint density at radius 2 is 1.52 bits per heavy atom. The Morgan fingerprint density at radius 1 is 0.760 bits per heavy atom. The molecule has 0 unspecified atom stereocenters. The third kappa shape index (κ3) is 3.24. The van der Waals surface area contributed by atoms with E-state index in [-0.39, 0.29) is 5.82 Å². The van der Waals surface area contributed by atoms with Crippen molar-refractivity contribution >= 4 is 21.7 Å². The van der Waals surface area contributed by atoms with E-state index >= 15 is 0 Å². The molecule has 0 amide bonds. The Kier molecular flexibility index (Phi) is 4.17. The van der Waals surface area contributed by atoms with E-state index in [0.29, 0.717) is 29.9 Å². The Balaban J connectivity index is 1.45. The summed E-state index contributed by atoms with van der Waals surface area (Å²) in [6, 6.07) is 20.2. The smallest absolute Gasteiger partial charge is 0.130 e. The van der Waals surface area contributed by atoms with Gasteiger partial charge in [0, 0.05) is 17.0 Å². The quantitative estimate of drug-likeness (QED) is 0.482. The lowest BCUT2D eigenvalue weighted by Gasteiger charge is -2.11. The minimum atomic E-state index is -0.308. The second-order valence-corrected chi connectivity index (χ2v) is 5.64. The van der Waals surface area contributed by atoms with Crippen LogP contribution in [0.25, 0.3) is 21.7 Å². The van der Waals surface area contributed by atoms with Gasteiger partial charge in [-0.15, -0.1) is 0 Å². The monoisotopic (exact) mass is 333 g/mol.